The number of anilines is 1. The van der Waals surface area contributed by atoms with Gasteiger partial charge in [-0.1, -0.05) is 29.8 Å². The van der Waals surface area contributed by atoms with Gasteiger partial charge in [0.25, 0.3) is 0 Å². The number of hydrazine groups is 1. The lowest BCUT2D eigenvalue weighted by Crippen LogP contribution is -2.43. The Balaban J connectivity index is 1.78. The first kappa shape index (κ1) is 19.7. The normalized spacial score (nSPS) is 10.3. The van der Waals surface area contributed by atoms with Gasteiger partial charge in [0, 0.05) is 24.7 Å². The third kappa shape index (κ3) is 6.34. The number of nitrogens with one attached hydrogen (secondary N) is 2. The number of ether oxygens (including phenoxy) is 1. The molecule has 26 heavy (non-hydrogen) atoms. The first-order valence-corrected chi connectivity index (χ1v) is 8.45. The molecule has 0 radical (unpaired) electrons. The summed E-state index contributed by atoms with van der Waals surface area (Å²) in [4.78, 5) is 27.5. The number of aromatic nitrogens is 1. The lowest BCUT2D eigenvalue weighted by Gasteiger charge is -2.22. The predicted octanol–water partition coefficient (Wildman–Crippen LogP) is 3.15. The summed E-state index contributed by atoms with van der Waals surface area (Å²) >= 11 is 6.09. The molecule has 0 saturated carbocycles. The molecule has 0 aliphatic carbocycles. The molecule has 0 aliphatic heterocycles. The number of carbonyl (C=O) groups excluding carboxylic acids is 2. The standard InChI is InChI=1S/C18H21ClN4O3/c1-13-7-8-20-17(11-13)22-18(25)26-10-9-23(14(2)24)21-12-15-5-3-4-6-16(15)19/h3-8,11,21H,9-10,12H2,1-2H3,(H,20,22,25). The van der Waals surface area contributed by atoms with Gasteiger partial charge in [-0.05, 0) is 36.2 Å². The highest BCUT2D eigenvalue weighted by molar-refractivity contribution is 6.31. The molecule has 0 aliphatic rings. The quantitative estimate of drug-likeness (QED) is 0.725. The van der Waals surface area contributed by atoms with Gasteiger partial charge in [0.2, 0.25) is 5.91 Å². The van der Waals surface area contributed by atoms with E-state index in [1.807, 2.05) is 31.2 Å². The van der Waals surface area contributed by atoms with Crippen LogP contribution in [0.15, 0.2) is 42.6 Å². The molecule has 0 atom stereocenters. The molecule has 0 saturated heterocycles. The van der Waals surface area contributed by atoms with Gasteiger partial charge in [0.15, 0.2) is 0 Å². The summed E-state index contributed by atoms with van der Waals surface area (Å²) < 4.78 is 5.09. The summed E-state index contributed by atoms with van der Waals surface area (Å²) in [6.45, 7) is 3.95. The van der Waals surface area contributed by atoms with Gasteiger partial charge in [-0.15, -0.1) is 0 Å². The Hall–Kier alpha value is -2.64. The Labute approximate surface area is 157 Å². The summed E-state index contributed by atoms with van der Waals surface area (Å²) in [7, 11) is 0. The van der Waals surface area contributed by atoms with Crippen molar-refractivity contribution in [1.29, 1.82) is 0 Å². The van der Waals surface area contributed by atoms with E-state index in [9.17, 15) is 9.59 Å². The van der Waals surface area contributed by atoms with Crippen LogP contribution in [0.3, 0.4) is 0 Å². The van der Waals surface area contributed by atoms with Crippen LogP contribution in [0.25, 0.3) is 0 Å². The van der Waals surface area contributed by atoms with E-state index in [-0.39, 0.29) is 19.1 Å². The summed E-state index contributed by atoms with van der Waals surface area (Å²) in [6.07, 6.45) is 0.971. The van der Waals surface area contributed by atoms with Gasteiger partial charge in [-0.3, -0.25) is 15.1 Å². The SMILES string of the molecule is CC(=O)N(CCOC(=O)Nc1cc(C)ccn1)NCc1ccccc1Cl. The molecule has 0 unspecified atom stereocenters. The molecule has 138 valence electrons. The fourth-order valence-corrected chi connectivity index (χ4v) is 2.35. The van der Waals surface area contributed by atoms with Crippen LogP contribution in [0.2, 0.25) is 5.02 Å². The van der Waals surface area contributed by atoms with Gasteiger partial charge < -0.3 is 4.74 Å². The van der Waals surface area contributed by atoms with E-state index in [0.29, 0.717) is 17.4 Å². The van der Waals surface area contributed by atoms with E-state index in [1.54, 1.807) is 18.3 Å². The van der Waals surface area contributed by atoms with E-state index in [2.05, 4.69) is 15.7 Å². The van der Waals surface area contributed by atoms with Crippen molar-refractivity contribution in [3.8, 4) is 0 Å². The number of rotatable bonds is 7. The fraction of sp³-hybridized carbons (Fsp3) is 0.278. The van der Waals surface area contributed by atoms with Gasteiger partial charge in [-0.25, -0.2) is 15.2 Å². The molecule has 0 spiro atoms. The van der Waals surface area contributed by atoms with Crippen LogP contribution in [0.1, 0.15) is 18.1 Å². The van der Waals surface area contributed by atoms with Gasteiger partial charge in [0.1, 0.15) is 12.4 Å². The van der Waals surface area contributed by atoms with Crippen LogP contribution in [0.4, 0.5) is 10.6 Å². The van der Waals surface area contributed by atoms with E-state index in [0.717, 1.165) is 11.1 Å². The summed E-state index contributed by atoms with van der Waals surface area (Å²) in [5.74, 6) is 0.219. The van der Waals surface area contributed by atoms with Crippen molar-refractivity contribution in [2.75, 3.05) is 18.5 Å². The Morgan fingerprint density at radius 2 is 2.04 bits per heavy atom. The zero-order valence-electron chi connectivity index (χ0n) is 14.7. The Morgan fingerprint density at radius 3 is 2.73 bits per heavy atom. The van der Waals surface area contributed by atoms with Gasteiger partial charge >= 0.3 is 6.09 Å². The highest BCUT2D eigenvalue weighted by atomic mass is 35.5. The van der Waals surface area contributed by atoms with Crippen molar-refractivity contribution >= 4 is 29.4 Å². The Kier molecular flexibility index (Phi) is 7.37. The molecule has 2 rings (SSSR count). The molecule has 0 fully saturated rings. The maximum Gasteiger partial charge on any atom is 0.412 e. The first-order chi connectivity index (χ1) is 12.5. The van der Waals surface area contributed by atoms with Crippen LogP contribution in [0, 0.1) is 6.92 Å². The third-order valence-electron chi connectivity index (χ3n) is 3.49. The highest BCUT2D eigenvalue weighted by Crippen LogP contribution is 2.14. The largest absolute Gasteiger partial charge is 0.447 e. The molecule has 1 aromatic carbocycles. The Morgan fingerprint density at radius 1 is 1.27 bits per heavy atom. The van der Waals surface area contributed by atoms with E-state index in [1.165, 1.54) is 11.9 Å². The van der Waals surface area contributed by atoms with E-state index < -0.39 is 6.09 Å². The number of hydrogen-bond donors (Lipinski definition) is 2. The maximum atomic E-state index is 11.8. The molecule has 1 heterocycles. The van der Waals surface area contributed by atoms with E-state index in [4.69, 9.17) is 16.3 Å². The Bertz CT molecular complexity index is 770. The van der Waals surface area contributed by atoms with Crippen molar-refractivity contribution < 1.29 is 14.3 Å². The van der Waals surface area contributed by atoms with Crippen LogP contribution >= 0.6 is 11.6 Å². The van der Waals surface area contributed by atoms with Crippen molar-refractivity contribution in [1.82, 2.24) is 15.4 Å². The topological polar surface area (TPSA) is 83.6 Å². The zero-order valence-corrected chi connectivity index (χ0v) is 15.4. The molecule has 2 amide bonds. The number of benzene rings is 1. The monoisotopic (exact) mass is 376 g/mol. The van der Waals surface area contributed by atoms with Crippen molar-refractivity contribution in [3.05, 3.63) is 58.7 Å². The number of aryl methyl sites for hydroxylation is 1. The van der Waals surface area contributed by atoms with Gasteiger partial charge in [-0.2, -0.15) is 0 Å². The second-order valence-corrected chi connectivity index (χ2v) is 5.98. The average molecular weight is 377 g/mol. The number of hydrogen-bond acceptors (Lipinski definition) is 5. The molecular formula is C18H21ClN4O3. The predicted molar refractivity (Wildman–Crippen MR) is 99.6 cm³/mol. The lowest BCUT2D eigenvalue weighted by atomic mass is 10.2. The van der Waals surface area contributed by atoms with Crippen molar-refractivity contribution in [2.24, 2.45) is 0 Å². The molecule has 7 nitrogen and oxygen atoms in total. The lowest BCUT2D eigenvalue weighted by molar-refractivity contribution is -0.132. The minimum Gasteiger partial charge on any atom is -0.447 e. The second kappa shape index (κ2) is 9.74. The smallest absolute Gasteiger partial charge is 0.412 e. The summed E-state index contributed by atoms with van der Waals surface area (Å²) in [6, 6.07) is 10.9. The zero-order chi connectivity index (χ0) is 18.9. The van der Waals surface area contributed by atoms with Crippen LogP contribution in [0.5, 0.6) is 0 Å². The molecule has 1 aromatic heterocycles. The minimum atomic E-state index is -0.627. The first-order valence-electron chi connectivity index (χ1n) is 8.07. The average Bonchev–Trinajstić information content (AvgIpc) is 2.59. The maximum absolute atomic E-state index is 11.8. The number of halogens is 1. The molecule has 2 aromatic rings. The minimum absolute atomic E-state index is 0.0345. The summed E-state index contributed by atoms with van der Waals surface area (Å²) in [5.41, 5.74) is 4.82. The van der Waals surface area contributed by atoms with Crippen molar-refractivity contribution in [3.63, 3.8) is 0 Å². The van der Waals surface area contributed by atoms with Gasteiger partial charge in [0.05, 0.1) is 6.54 Å². The van der Waals surface area contributed by atoms with Crippen LogP contribution < -0.4 is 10.7 Å². The second-order valence-electron chi connectivity index (χ2n) is 5.58. The van der Waals surface area contributed by atoms with Crippen LogP contribution in [-0.2, 0) is 16.1 Å². The summed E-state index contributed by atoms with van der Waals surface area (Å²) in [5, 5.41) is 4.53. The van der Waals surface area contributed by atoms with E-state index >= 15 is 0 Å². The fourth-order valence-electron chi connectivity index (χ4n) is 2.15. The van der Waals surface area contributed by atoms with Crippen LogP contribution in [-0.4, -0.2) is 35.1 Å². The number of pyridine rings is 1. The molecule has 8 heteroatoms. The highest BCUT2D eigenvalue weighted by Gasteiger charge is 2.11. The number of amides is 2. The number of carbonyl (C=O) groups is 2. The molecule has 2 N–H and O–H groups in total. The molecule has 0 bridgehead atoms. The molecular weight excluding hydrogens is 356 g/mol. The number of nitrogens with zero attached hydrogens (tertiary/aromatic N) is 2. The van der Waals surface area contributed by atoms with Crippen molar-refractivity contribution in [2.45, 2.75) is 20.4 Å². The third-order valence-corrected chi connectivity index (χ3v) is 3.86.